The molecule has 8 heteroatoms. The molecule has 0 heterocycles. The van der Waals surface area contributed by atoms with E-state index in [1.807, 2.05) is 0 Å². The van der Waals surface area contributed by atoms with Crippen LogP contribution in [0.4, 0.5) is 5.69 Å². The number of ether oxygens (including phenoxy) is 4. The molecule has 2 aromatic carbocycles. The van der Waals surface area contributed by atoms with Gasteiger partial charge in [0.05, 0.1) is 31.8 Å². The minimum absolute atomic E-state index is 0.102. The van der Waals surface area contributed by atoms with Crippen LogP contribution in [0.2, 0.25) is 0 Å². The van der Waals surface area contributed by atoms with E-state index < -0.39 is 10.9 Å². The first-order valence-electron chi connectivity index (χ1n) is 7.18. The lowest BCUT2D eigenvalue weighted by Gasteiger charge is -2.13. The van der Waals surface area contributed by atoms with Crippen molar-refractivity contribution in [3.05, 3.63) is 51.6 Å². The van der Waals surface area contributed by atoms with Crippen molar-refractivity contribution in [3.63, 3.8) is 0 Å². The number of carbonyl (C=O) groups excluding carboxylic acids is 1. The Morgan fingerprint density at radius 3 is 2.04 bits per heavy atom. The van der Waals surface area contributed by atoms with Crippen LogP contribution < -0.4 is 18.9 Å². The molecule has 0 spiro atoms. The third-order valence-corrected chi connectivity index (χ3v) is 3.42. The van der Waals surface area contributed by atoms with Crippen molar-refractivity contribution in [2.75, 3.05) is 21.3 Å². The topological polar surface area (TPSA) is 97.1 Å². The number of nitrogens with zero attached hydrogens (tertiary/aromatic N) is 1. The molecule has 2 aromatic rings. The van der Waals surface area contributed by atoms with Gasteiger partial charge in [-0.1, -0.05) is 6.07 Å². The summed E-state index contributed by atoms with van der Waals surface area (Å²) >= 11 is 0. The van der Waals surface area contributed by atoms with Gasteiger partial charge in [-0.3, -0.25) is 10.1 Å². The maximum atomic E-state index is 12.4. The summed E-state index contributed by atoms with van der Waals surface area (Å²) in [4.78, 5) is 22.9. The van der Waals surface area contributed by atoms with E-state index in [4.69, 9.17) is 18.9 Å². The lowest BCUT2D eigenvalue weighted by Crippen LogP contribution is -2.11. The second kappa shape index (κ2) is 7.52. The van der Waals surface area contributed by atoms with Crippen molar-refractivity contribution in [2.24, 2.45) is 0 Å². The molecule has 0 fully saturated rings. The Labute approximate surface area is 144 Å². The van der Waals surface area contributed by atoms with Crippen molar-refractivity contribution in [2.45, 2.75) is 6.92 Å². The molecule has 0 aliphatic carbocycles. The number of benzene rings is 2. The predicted octanol–water partition coefficient (Wildman–Crippen LogP) is 3.15. The van der Waals surface area contributed by atoms with Gasteiger partial charge in [-0.25, -0.2) is 4.79 Å². The van der Waals surface area contributed by atoms with Gasteiger partial charge in [0.15, 0.2) is 11.5 Å². The number of methoxy groups -OCH3 is 3. The van der Waals surface area contributed by atoms with Crippen LogP contribution in [-0.2, 0) is 0 Å². The van der Waals surface area contributed by atoms with E-state index in [0.717, 1.165) is 5.56 Å². The van der Waals surface area contributed by atoms with Gasteiger partial charge in [0.2, 0.25) is 11.5 Å². The zero-order valence-corrected chi connectivity index (χ0v) is 14.2. The summed E-state index contributed by atoms with van der Waals surface area (Å²) in [7, 11) is 4.27. The molecule has 132 valence electrons. The SMILES string of the molecule is COc1cc(C(=O)Oc2cc(C)ccc2[N+](=O)[O-])cc(OC)c1OC. The van der Waals surface area contributed by atoms with Crippen LogP contribution in [0.5, 0.6) is 23.0 Å². The van der Waals surface area contributed by atoms with Gasteiger partial charge in [0, 0.05) is 6.07 Å². The summed E-state index contributed by atoms with van der Waals surface area (Å²) in [5, 5.41) is 11.1. The molecule has 0 saturated heterocycles. The van der Waals surface area contributed by atoms with Gasteiger partial charge in [-0.05, 0) is 30.7 Å². The van der Waals surface area contributed by atoms with Gasteiger partial charge < -0.3 is 18.9 Å². The Kier molecular flexibility index (Phi) is 5.43. The Balaban J connectivity index is 2.42. The minimum Gasteiger partial charge on any atom is -0.493 e. The van der Waals surface area contributed by atoms with E-state index in [1.54, 1.807) is 13.0 Å². The van der Waals surface area contributed by atoms with E-state index in [9.17, 15) is 14.9 Å². The van der Waals surface area contributed by atoms with Gasteiger partial charge in [-0.2, -0.15) is 0 Å². The number of carbonyl (C=O) groups is 1. The largest absolute Gasteiger partial charge is 0.493 e. The van der Waals surface area contributed by atoms with Crippen LogP contribution in [0.25, 0.3) is 0 Å². The number of esters is 1. The van der Waals surface area contributed by atoms with Gasteiger partial charge in [0.25, 0.3) is 0 Å². The average molecular weight is 347 g/mol. The smallest absolute Gasteiger partial charge is 0.344 e. The first-order valence-corrected chi connectivity index (χ1v) is 7.18. The molecular formula is C17H17NO7. The lowest BCUT2D eigenvalue weighted by molar-refractivity contribution is -0.385. The number of nitro groups is 1. The van der Waals surface area contributed by atoms with Gasteiger partial charge in [-0.15, -0.1) is 0 Å². The molecule has 0 N–H and O–H groups in total. The van der Waals surface area contributed by atoms with E-state index >= 15 is 0 Å². The normalized spacial score (nSPS) is 10.1. The summed E-state index contributed by atoms with van der Waals surface area (Å²) in [6.07, 6.45) is 0. The van der Waals surface area contributed by atoms with Crippen molar-refractivity contribution in [3.8, 4) is 23.0 Å². The van der Waals surface area contributed by atoms with Crippen LogP contribution in [0.3, 0.4) is 0 Å². The summed E-state index contributed by atoms with van der Waals surface area (Å²) in [5.74, 6) is -0.0557. The van der Waals surface area contributed by atoms with E-state index in [1.165, 1.54) is 45.6 Å². The molecule has 2 rings (SSSR count). The highest BCUT2D eigenvalue weighted by molar-refractivity contribution is 5.93. The van der Waals surface area contributed by atoms with Gasteiger partial charge >= 0.3 is 11.7 Å². The lowest BCUT2D eigenvalue weighted by atomic mass is 10.1. The van der Waals surface area contributed by atoms with Gasteiger partial charge in [0.1, 0.15) is 0 Å². The highest BCUT2D eigenvalue weighted by atomic mass is 16.6. The number of nitro benzene ring substituents is 1. The zero-order chi connectivity index (χ0) is 18.6. The molecule has 25 heavy (non-hydrogen) atoms. The Bertz CT molecular complexity index is 792. The van der Waals surface area contributed by atoms with Crippen LogP contribution in [0.15, 0.2) is 30.3 Å². The molecule has 0 saturated carbocycles. The first kappa shape index (κ1) is 18.1. The molecular weight excluding hydrogens is 330 g/mol. The van der Waals surface area contributed by atoms with Crippen molar-refractivity contribution in [1.29, 1.82) is 0 Å². The van der Waals surface area contributed by atoms with Crippen molar-refractivity contribution >= 4 is 11.7 Å². The highest BCUT2D eigenvalue weighted by Gasteiger charge is 2.22. The molecule has 0 unspecified atom stereocenters. The molecule has 0 aromatic heterocycles. The summed E-state index contributed by atoms with van der Waals surface area (Å²) in [5.41, 5.74) is 0.523. The van der Waals surface area contributed by atoms with Crippen LogP contribution in [0, 0.1) is 17.0 Å². The standard InChI is InChI=1S/C17H17NO7/c1-10-5-6-12(18(20)21)13(7-10)25-17(19)11-8-14(22-2)16(24-4)15(9-11)23-3/h5-9H,1-4H3. The molecule has 0 bridgehead atoms. The Morgan fingerprint density at radius 1 is 0.960 bits per heavy atom. The minimum atomic E-state index is -0.784. The summed E-state index contributed by atoms with van der Waals surface area (Å²) < 4.78 is 20.8. The van der Waals surface area contributed by atoms with E-state index in [-0.39, 0.29) is 28.5 Å². The zero-order valence-electron chi connectivity index (χ0n) is 14.2. The molecule has 8 nitrogen and oxygen atoms in total. The van der Waals surface area contributed by atoms with Crippen molar-refractivity contribution < 1.29 is 28.7 Å². The molecule has 0 amide bonds. The molecule has 0 radical (unpaired) electrons. The average Bonchev–Trinajstić information content (AvgIpc) is 2.59. The van der Waals surface area contributed by atoms with Crippen molar-refractivity contribution in [1.82, 2.24) is 0 Å². The second-order valence-electron chi connectivity index (χ2n) is 5.03. The van der Waals surface area contributed by atoms with E-state index in [0.29, 0.717) is 5.75 Å². The highest BCUT2D eigenvalue weighted by Crippen LogP contribution is 2.38. The number of rotatable bonds is 6. The third kappa shape index (κ3) is 3.79. The second-order valence-corrected chi connectivity index (χ2v) is 5.03. The Morgan fingerprint density at radius 2 is 1.56 bits per heavy atom. The summed E-state index contributed by atoms with van der Waals surface area (Å²) in [6.45, 7) is 1.74. The molecule has 0 aliphatic heterocycles. The fourth-order valence-corrected chi connectivity index (χ4v) is 2.21. The summed E-state index contributed by atoms with van der Waals surface area (Å²) in [6, 6.07) is 7.09. The predicted molar refractivity (Wildman–Crippen MR) is 88.9 cm³/mol. The maximum Gasteiger partial charge on any atom is 0.344 e. The number of hydrogen-bond acceptors (Lipinski definition) is 7. The quantitative estimate of drug-likeness (QED) is 0.343. The molecule has 0 atom stereocenters. The third-order valence-electron chi connectivity index (χ3n) is 3.42. The number of hydrogen-bond donors (Lipinski definition) is 0. The van der Waals surface area contributed by atoms with Crippen LogP contribution in [0.1, 0.15) is 15.9 Å². The Hall–Kier alpha value is -3.29. The fourth-order valence-electron chi connectivity index (χ4n) is 2.21. The van der Waals surface area contributed by atoms with Crippen LogP contribution in [-0.4, -0.2) is 32.2 Å². The van der Waals surface area contributed by atoms with E-state index in [2.05, 4.69) is 0 Å². The molecule has 0 aliphatic rings. The maximum absolute atomic E-state index is 12.4. The fraction of sp³-hybridized carbons (Fsp3) is 0.235. The monoisotopic (exact) mass is 347 g/mol. The first-order chi connectivity index (χ1) is 11.9. The van der Waals surface area contributed by atoms with Crippen LogP contribution >= 0.6 is 0 Å². The number of aryl methyl sites for hydroxylation is 1.